The first-order valence-electron chi connectivity index (χ1n) is 38.4. The number of rotatable bonds is 70. The number of unbranched alkanes of at least 4 members (excludes halogenated alkanes) is 16. The first-order valence-corrected chi connectivity index (χ1v) is 41.4. The van der Waals surface area contributed by atoms with Crippen LogP contribution in [0.3, 0.4) is 0 Å². The van der Waals surface area contributed by atoms with Gasteiger partial charge in [-0.2, -0.15) is 0 Å². The Balaban J connectivity index is 5.48. The second-order valence-corrected chi connectivity index (χ2v) is 27.7. The standard InChI is InChI=1S/C83H134O17P2/c1-5-9-13-17-21-25-29-33-36-37-38-39-42-45-48-52-56-60-64-68-81(86)94-73-78(99-82(87)69-65-61-57-53-49-43-32-28-24-20-16-12-8-4)75-97-101(89,90)95-71-77(84)72-96-102(91,92)98-76-79(100-83(88)70-66-62-58-54-50-46-41-35-31-27-23-19-15-11-7-3)74-93-80(85)67-63-59-55-51-47-44-40-34-30-26-22-18-14-10-6-2/h9-10,13-14,16,20-23,25-28,32-36,38-41,45,47-48,51,56,60,77-79,84H,5-8,11-12,15,17-19,24,29-31,37,42-44,46,49-50,52-55,57-59,61-76H2,1-4H3,(H,89,90)(H,91,92)/b13-9-,14-10-,20-16-,25-21-,26-22-,27-23-,32-28-,36-33-,39-38-,40-34-,41-35-,48-45-,51-47-,60-56-. The summed E-state index contributed by atoms with van der Waals surface area (Å²) in [6.07, 6.45) is 86.5. The Labute approximate surface area is 616 Å². The van der Waals surface area contributed by atoms with Crippen LogP contribution in [0.2, 0.25) is 0 Å². The third-order valence-corrected chi connectivity index (χ3v) is 17.0. The molecule has 17 nitrogen and oxygen atoms in total. The number of esters is 4. The Morgan fingerprint density at radius 3 is 0.902 bits per heavy atom. The van der Waals surface area contributed by atoms with Gasteiger partial charge in [0.2, 0.25) is 0 Å². The number of aliphatic hydroxyl groups excluding tert-OH is 1. The molecule has 0 aliphatic heterocycles. The zero-order valence-corrected chi connectivity index (χ0v) is 64.8. The number of ether oxygens (including phenoxy) is 4. The van der Waals surface area contributed by atoms with E-state index in [2.05, 4.69) is 180 Å². The van der Waals surface area contributed by atoms with Crippen LogP contribution in [0.25, 0.3) is 0 Å². The number of phosphoric ester groups is 2. The normalized spacial score (nSPS) is 14.9. The van der Waals surface area contributed by atoms with Gasteiger partial charge < -0.3 is 33.8 Å². The summed E-state index contributed by atoms with van der Waals surface area (Å²) in [5.74, 6) is -2.37. The summed E-state index contributed by atoms with van der Waals surface area (Å²) >= 11 is 0. The van der Waals surface area contributed by atoms with Crippen molar-refractivity contribution in [3.05, 3.63) is 170 Å². The van der Waals surface area contributed by atoms with E-state index in [1.807, 2.05) is 18.2 Å². The van der Waals surface area contributed by atoms with Crippen molar-refractivity contribution < 1.29 is 80.2 Å². The lowest BCUT2D eigenvalue weighted by atomic mass is 10.1. The molecular weight excluding hydrogens is 1330 g/mol. The van der Waals surface area contributed by atoms with Gasteiger partial charge in [0.15, 0.2) is 12.2 Å². The van der Waals surface area contributed by atoms with E-state index >= 15 is 0 Å². The molecule has 0 saturated heterocycles. The second kappa shape index (κ2) is 73.7. The summed E-state index contributed by atoms with van der Waals surface area (Å²) in [4.78, 5) is 72.9. The van der Waals surface area contributed by atoms with Gasteiger partial charge in [-0.25, -0.2) is 9.13 Å². The van der Waals surface area contributed by atoms with Crippen molar-refractivity contribution in [1.82, 2.24) is 0 Å². The van der Waals surface area contributed by atoms with Crippen LogP contribution >= 0.6 is 15.6 Å². The Bertz CT molecular complexity index is 2600. The minimum Gasteiger partial charge on any atom is -0.462 e. The molecule has 102 heavy (non-hydrogen) atoms. The third kappa shape index (κ3) is 72.8. The number of aliphatic hydroxyl groups is 1. The maximum absolute atomic E-state index is 13.1. The number of hydrogen-bond acceptors (Lipinski definition) is 15. The Morgan fingerprint density at radius 2 is 0.549 bits per heavy atom. The van der Waals surface area contributed by atoms with E-state index in [9.17, 15) is 43.2 Å². The molecule has 5 atom stereocenters. The van der Waals surface area contributed by atoms with Crippen LogP contribution in [0.4, 0.5) is 0 Å². The zero-order valence-electron chi connectivity index (χ0n) is 63.0. The monoisotopic (exact) mass is 1460 g/mol. The fourth-order valence-electron chi connectivity index (χ4n) is 9.36. The number of carbonyl (C=O) groups excluding carboxylic acids is 4. The van der Waals surface area contributed by atoms with Crippen LogP contribution in [0, 0.1) is 0 Å². The van der Waals surface area contributed by atoms with Crippen LogP contribution in [-0.4, -0.2) is 96.7 Å². The lowest BCUT2D eigenvalue weighted by Gasteiger charge is -2.21. The molecule has 0 saturated carbocycles. The lowest BCUT2D eigenvalue weighted by molar-refractivity contribution is -0.161. The second-order valence-electron chi connectivity index (χ2n) is 24.8. The Kier molecular flexibility index (Phi) is 69.7. The number of carbonyl (C=O) groups is 4. The number of allylic oxidation sites excluding steroid dienone is 28. The van der Waals surface area contributed by atoms with Crippen molar-refractivity contribution in [2.45, 2.75) is 290 Å². The van der Waals surface area contributed by atoms with Gasteiger partial charge in [0.1, 0.15) is 19.3 Å². The predicted molar refractivity (Wildman–Crippen MR) is 417 cm³/mol. The van der Waals surface area contributed by atoms with Crippen molar-refractivity contribution >= 4 is 39.5 Å². The van der Waals surface area contributed by atoms with Gasteiger partial charge in [0.25, 0.3) is 0 Å². The summed E-state index contributed by atoms with van der Waals surface area (Å²) in [7, 11) is -10.0. The van der Waals surface area contributed by atoms with Crippen LogP contribution < -0.4 is 0 Å². The van der Waals surface area contributed by atoms with E-state index in [0.29, 0.717) is 32.1 Å². The van der Waals surface area contributed by atoms with E-state index in [1.165, 1.54) is 19.3 Å². The molecule has 3 N–H and O–H groups in total. The SMILES string of the molecule is CC/C=C\C/C=C\C/C=C\C/C=C\C/C=C\C/C=C\CCC(=O)OCC(COP(=O)(O)OCC(O)COP(=O)(O)OCC(COC(=O)CCCC/C=C\C/C=C\C/C=C\C/C=C\CC)OC(=O)CCCCCCC/C=C\C/C=C\CCCCC)OC(=O)CCCCCCC/C=C\C/C=C\CCC. The fraction of sp³-hybridized carbons (Fsp3) is 0.614. The molecule has 0 rings (SSSR count). The first-order chi connectivity index (χ1) is 49.7. The quantitative estimate of drug-likeness (QED) is 0.0169. The van der Waals surface area contributed by atoms with Gasteiger partial charge in [-0.1, -0.05) is 256 Å². The summed E-state index contributed by atoms with van der Waals surface area (Å²) in [6.45, 7) is 4.36. The van der Waals surface area contributed by atoms with Crippen molar-refractivity contribution in [3.63, 3.8) is 0 Å². The molecule has 0 heterocycles. The molecule has 0 bridgehead atoms. The largest absolute Gasteiger partial charge is 0.472 e. The molecule has 0 aromatic carbocycles. The average Bonchev–Trinajstić information content (AvgIpc) is 0.908. The van der Waals surface area contributed by atoms with Crippen molar-refractivity contribution in [2.24, 2.45) is 0 Å². The minimum atomic E-state index is -5.01. The summed E-state index contributed by atoms with van der Waals surface area (Å²) in [5, 5.41) is 10.6. The van der Waals surface area contributed by atoms with Gasteiger partial charge in [0, 0.05) is 25.7 Å². The summed E-state index contributed by atoms with van der Waals surface area (Å²) in [6, 6.07) is 0. The molecule has 0 aromatic rings. The van der Waals surface area contributed by atoms with E-state index < -0.39 is 97.5 Å². The van der Waals surface area contributed by atoms with Crippen LogP contribution in [-0.2, 0) is 65.4 Å². The smallest absolute Gasteiger partial charge is 0.462 e. The molecule has 5 unspecified atom stereocenters. The molecule has 0 aromatic heterocycles. The highest BCUT2D eigenvalue weighted by Crippen LogP contribution is 2.45. The van der Waals surface area contributed by atoms with Gasteiger partial charge in [-0.3, -0.25) is 37.3 Å². The Hall–Kier alpha value is -5.58. The molecule has 0 fully saturated rings. The van der Waals surface area contributed by atoms with Crippen LogP contribution in [0.1, 0.15) is 272 Å². The predicted octanol–water partition coefficient (Wildman–Crippen LogP) is 22.2. The maximum atomic E-state index is 13.1. The highest BCUT2D eigenvalue weighted by molar-refractivity contribution is 7.47. The average molecular weight is 1470 g/mol. The van der Waals surface area contributed by atoms with Crippen molar-refractivity contribution in [3.8, 4) is 0 Å². The molecule has 0 spiro atoms. The van der Waals surface area contributed by atoms with Gasteiger partial charge in [0.05, 0.1) is 26.4 Å². The van der Waals surface area contributed by atoms with Crippen molar-refractivity contribution in [2.75, 3.05) is 39.6 Å². The highest BCUT2D eigenvalue weighted by Gasteiger charge is 2.30. The Morgan fingerprint density at radius 1 is 0.284 bits per heavy atom. The molecule has 0 amide bonds. The van der Waals surface area contributed by atoms with E-state index in [0.717, 1.165) is 167 Å². The summed E-state index contributed by atoms with van der Waals surface area (Å²) in [5.41, 5.74) is 0. The molecule has 0 aliphatic carbocycles. The molecule has 19 heteroatoms. The molecule has 578 valence electrons. The van der Waals surface area contributed by atoms with Gasteiger partial charge >= 0.3 is 39.5 Å². The lowest BCUT2D eigenvalue weighted by Crippen LogP contribution is -2.30. The molecular formula is C83H134O17P2. The zero-order chi connectivity index (χ0) is 74.6. The molecule has 0 aliphatic rings. The number of hydrogen-bond donors (Lipinski definition) is 3. The maximum Gasteiger partial charge on any atom is 0.472 e. The van der Waals surface area contributed by atoms with Crippen LogP contribution in [0.5, 0.6) is 0 Å². The third-order valence-electron chi connectivity index (χ3n) is 15.1. The summed E-state index contributed by atoms with van der Waals surface area (Å²) < 4.78 is 68.3. The van der Waals surface area contributed by atoms with Gasteiger partial charge in [-0.15, -0.1) is 0 Å². The van der Waals surface area contributed by atoms with E-state index in [4.69, 9.17) is 37.0 Å². The highest BCUT2D eigenvalue weighted by atomic mass is 31.2. The van der Waals surface area contributed by atoms with E-state index in [1.54, 1.807) is 0 Å². The van der Waals surface area contributed by atoms with Gasteiger partial charge in [-0.05, 0) is 161 Å². The first kappa shape index (κ1) is 96.4. The number of phosphoric acid groups is 2. The van der Waals surface area contributed by atoms with Crippen molar-refractivity contribution in [1.29, 1.82) is 0 Å². The fourth-order valence-corrected chi connectivity index (χ4v) is 10.9. The minimum absolute atomic E-state index is 0.0263. The topological polar surface area (TPSA) is 237 Å². The van der Waals surface area contributed by atoms with E-state index in [-0.39, 0.29) is 25.7 Å². The molecule has 0 radical (unpaired) electrons. The van der Waals surface area contributed by atoms with Crippen LogP contribution in [0.15, 0.2) is 170 Å².